The van der Waals surface area contributed by atoms with Crippen LogP contribution in [0.25, 0.3) is 10.8 Å². The average molecular weight is 197 g/mol. The van der Waals surface area contributed by atoms with Crippen LogP contribution in [0.2, 0.25) is 0 Å². The zero-order chi connectivity index (χ0) is 10.7. The Hall–Kier alpha value is -1.30. The third-order valence-electron chi connectivity index (χ3n) is 2.89. The third-order valence-corrected chi connectivity index (χ3v) is 2.89. The smallest absolute Gasteiger partial charge is 0.00647 e. The molecule has 1 radical (unpaired) electrons. The van der Waals surface area contributed by atoms with Gasteiger partial charge in [-0.15, -0.1) is 0 Å². The first-order valence-corrected chi connectivity index (χ1v) is 5.63. The van der Waals surface area contributed by atoms with Crippen molar-refractivity contribution in [3.8, 4) is 0 Å². The summed E-state index contributed by atoms with van der Waals surface area (Å²) in [4.78, 5) is 0. The second-order valence-corrected chi connectivity index (χ2v) is 4.16. The number of benzene rings is 2. The van der Waals surface area contributed by atoms with Gasteiger partial charge in [0.05, 0.1) is 0 Å². The number of hydrogen-bond donors (Lipinski definition) is 0. The summed E-state index contributed by atoms with van der Waals surface area (Å²) >= 11 is 0. The van der Waals surface area contributed by atoms with Crippen LogP contribution < -0.4 is 0 Å². The SMILES string of the molecule is CCC(C)[CH]c1ccc2ccccc2c1. The highest BCUT2D eigenvalue weighted by Gasteiger charge is 2.02. The molecule has 0 fully saturated rings. The maximum absolute atomic E-state index is 2.34. The molecule has 0 aliphatic carbocycles. The number of fused-ring (bicyclic) bond motifs is 1. The number of rotatable bonds is 3. The molecule has 2 aromatic rings. The van der Waals surface area contributed by atoms with E-state index in [9.17, 15) is 0 Å². The van der Waals surface area contributed by atoms with Gasteiger partial charge in [0.1, 0.15) is 0 Å². The van der Waals surface area contributed by atoms with Crippen LogP contribution >= 0.6 is 0 Å². The second-order valence-electron chi connectivity index (χ2n) is 4.16. The molecule has 0 heteroatoms. The molecule has 0 bridgehead atoms. The molecule has 2 aromatic carbocycles. The highest BCUT2D eigenvalue weighted by atomic mass is 14.1. The van der Waals surface area contributed by atoms with Crippen LogP contribution in [0.5, 0.6) is 0 Å². The molecule has 77 valence electrons. The zero-order valence-corrected chi connectivity index (χ0v) is 9.40. The standard InChI is InChI=1S/C15H17/c1-3-12(2)10-13-8-9-14-6-4-5-7-15(14)11-13/h4-12H,3H2,1-2H3. The predicted molar refractivity (Wildman–Crippen MR) is 66.8 cm³/mol. The summed E-state index contributed by atoms with van der Waals surface area (Å²) in [5, 5.41) is 2.65. The first-order chi connectivity index (χ1) is 7.29. The lowest BCUT2D eigenvalue weighted by atomic mass is 9.97. The summed E-state index contributed by atoms with van der Waals surface area (Å²) in [6, 6.07) is 15.2. The van der Waals surface area contributed by atoms with Gasteiger partial charge in [-0.1, -0.05) is 62.7 Å². The van der Waals surface area contributed by atoms with E-state index in [0.717, 1.165) is 0 Å². The van der Waals surface area contributed by atoms with Crippen molar-refractivity contribution >= 4 is 10.8 Å². The third kappa shape index (κ3) is 2.38. The largest absolute Gasteiger partial charge is 0.0651 e. The van der Waals surface area contributed by atoms with Gasteiger partial charge in [0.2, 0.25) is 0 Å². The lowest BCUT2D eigenvalue weighted by molar-refractivity contribution is 0.659. The molecule has 0 N–H and O–H groups in total. The van der Waals surface area contributed by atoms with Crippen LogP contribution in [0.3, 0.4) is 0 Å². The van der Waals surface area contributed by atoms with E-state index >= 15 is 0 Å². The van der Waals surface area contributed by atoms with Gasteiger partial charge >= 0.3 is 0 Å². The lowest BCUT2D eigenvalue weighted by Crippen LogP contribution is -1.94. The fraction of sp³-hybridized carbons (Fsp3) is 0.267. The first kappa shape index (κ1) is 10.2. The van der Waals surface area contributed by atoms with E-state index in [1.807, 2.05) is 0 Å². The molecule has 0 nitrogen and oxygen atoms in total. The lowest BCUT2D eigenvalue weighted by Gasteiger charge is -2.08. The molecule has 1 atom stereocenters. The normalized spacial score (nSPS) is 12.9. The van der Waals surface area contributed by atoms with Gasteiger partial charge in [0.15, 0.2) is 0 Å². The van der Waals surface area contributed by atoms with Gasteiger partial charge in [0, 0.05) is 0 Å². The van der Waals surface area contributed by atoms with Crippen molar-refractivity contribution in [1.29, 1.82) is 0 Å². The Balaban J connectivity index is 2.30. The summed E-state index contributed by atoms with van der Waals surface area (Å²) in [6.07, 6.45) is 3.54. The van der Waals surface area contributed by atoms with Crippen LogP contribution in [0.1, 0.15) is 25.8 Å². The fourth-order valence-electron chi connectivity index (χ4n) is 1.76. The Labute approximate surface area is 91.9 Å². The van der Waals surface area contributed by atoms with Crippen LogP contribution in [0.15, 0.2) is 42.5 Å². The molecule has 0 amide bonds. The van der Waals surface area contributed by atoms with Gasteiger partial charge in [-0.3, -0.25) is 0 Å². The van der Waals surface area contributed by atoms with Crippen LogP contribution in [0.4, 0.5) is 0 Å². The van der Waals surface area contributed by atoms with Gasteiger partial charge in [-0.2, -0.15) is 0 Å². The minimum atomic E-state index is 0.658. The minimum absolute atomic E-state index is 0.658. The Morgan fingerprint density at radius 2 is 1.80 bits per heavy atom. The van der Waals surface area contributed by atoms with Crippen molar-refractivity contribution in [3.63, 3.8) is 0 Å². The van der Waals surface area contributed by atoms with Gasteiger partial charge in [-0.25, -0.2) is 0 Å². The molecule has 0 aliphatic heterocycles. The maximum atomic E-state index is 2.34. The van der Waals surface area contributed by atoms with Gasteiger partial charge in [-0.05, 0) is 28.7 Å². The first-order valence-electron chi connectivity index (χ1n) is 5.63. The Morgan fingerprint density at radius 1 is 1.07 bits per heavy atom. The topological polar surface area (TPSA) is 0 Å². The fourth-order valence-corrected chi connectivity index (χ4v) is 1.76. The van der Waals surface area contributed by atoms with E-state index in [1.165, 1.54) is 22.8 Å². The molecule has 15 heavy (non-hydrogen) atoms. The van der Waals surface area contributed by atoms with E-state index in [1.54, 1.807) is 0 Å². The Kier molecular flexibility index (Phi) is 3.05. The van der Waals surface area contributed by atoms with Crippen LogP contribution in [0, 0.1) is 12.3 Å². The zero-order valence-electron chi connectivity index (χ0n) is 9.40. The molecular formula is C15H17. The monoisotopic (exact) mass is 197 g/mol. The highest BCUT2D eigenvalue weighted by Crippen LogP contribution is 2.19. The maximum Gasteiger partial charge on any atom is -0.00647 e. The Bertz CT molecular complexity index is 442. The molecule has 0 saturated carbocycles. The number of hydrogen-bond acceptors (Lipinski definition) is 0. The van der Waals surface area contributed by atoms with E-state index in [4.69, 9.17) is 0 Å². The molecule has 0 saturated heterocycles. The highest BCUT2D eigenvalue weighted by molar-refractivity contribution is 5.83. The van der Waals surface area contributed by atoms with Crippen LogP contribution in [-0.2, 0) is 0 Å². The van der Waals surface area contributed by atoms with Crippen molar-refractivity contribution < 1.29 is 0 Å². The molecule has 0 aromatic heterocycles. The van der Waals surface area contributed by atoms with E-state index in [-0.39, 0.29) is 0 Å². The average Bonchev–Trinajstić information content (AvgIpc) is 2.29. The molecular weight excluding hydrogens is 180 g/mol. The van der Waals surface area contributed by atoms with Crippen LogP contribution in [-0.4, -0.2) is 0 Å². The van der Waals surface area contributed by atoms with Crippen molar-refractivity contribution in [2.75, 3.05) is 0 Å². The van der Waals surface area contributed by atoms with Crippen molar-refractivity contribution in [3.05, 3.63) is 54.4 Å². The summed E-state index contributed by atoms with van der Waals surface area (Å²) in [5.74, 6) is 0.658. The van der Waals surface area contributed by atoms with Gasteiger partial charge in [0.25, 0.3) is 0 Å². The summed E-state index contributed by atoms with van der Waals surface area (Å²) in [7, 11) is 0. The predicted octanol–water partition coefficient (Wildman–Crippen LogP) is 4.44. The quantitative estimate of drug-likeness (QED) is 0.682. The van der Waals surface area contributed by atoms with Crippen molar-refractivity contribution in [2.45, 2.75) is 20.3 Å². The van der Waals surface area contributed by atoms with Gasteiger partial charge < -0.3 is 0 Å². The molecule has 2 rings (SSSR count). The molecule has 1 unspecified atom stereocenters. The summed E-state index contributed by atoms with van der Waals surface area (Å²) < 4.78 is 0. The van der Waals surface area contributed by atoms with E-state index < -0.39 is 0 Å². The Morgan fingerprint density at radius 3 is 2.53 bits per heavy atom. The minimum Gasteiger partial charge on any atom is -0.0651 e. The molecule has 0 spiro atoms. The van der Waals surface area contributed by atoms with E-state index in [2.05, 4.69) is 62.7 Å². The summed E-state index contributed by atoms with van der Waals surface area (Å²) in [5.41, 5.74) is 1.34. The second kappa shape index (κ2) is 4.48. The molecule has 0 heterocycles. The summed E-state index contributed by atoms with van der Waals surface area (Å²) in [6.45, 7) is 4.48. The van der Waals surface area contributed by atoms with Crippen molar-refractivity contribution in [1.82, 2.24) is 0 Å². The van der Waals surface area contributed by atoms with Crippen molar-refractivity contribution in [2.24, 2.45) is 5.92 Å². The van der Waals surface area contributed by atoms with E-state index in [0.29, 0.717) is 5.92 Å². The molecule has 0 aliphatic rings.